The molecule has 1 atom stereocenters. The lowest BCUT2D eigenvalue weighted by Crippen LogP contribution is -2.44. The van der Waals surface area contributed by atoms with E-state index in [1.54, 1.807) is 0 Å². The second-order valence-electron chi connectivity index (χ2n) is 5.47. The molecule has 2 heterocycles. The van der Waals surface area contributed by atoms with Crippen LogP contribution in [0.5, 0.6) is 0 Å². The van der Waals surface area contributed by atoms with Gasteiger partial charge in [0.1, 0.15) is 0 Å². The molecule has 0 aromatic heterocycles. The summed E-state index contributed by atoms with van der Waals surface area (Å²) in [6, 6.07) is 6.73. The molecule has 3 rings (SSSR count). The maximum absolute atomic E-state index is 9.52. The molecule has 2 fully saturated rings. The van der Waals surface area contributed by atoms with Gasteiger partial charge < -0.3 is 14.7 Å². The second-order valence-corrected chi connectivity index (χ2v) is 6.38. The molecule has 1 unspecified atom stereocenters. The predicted octanol–water partition coefficient (Wildman–Crippen LogP) is 1.85. The van der Waals surface area contributed by atoms with Gasteiger partial charge in [0.2, 0.25) is 0 Å². The molecule has 0 spiro atoms. The van der Waals surface area contributed by atoms with Gasteiger partial charge in [0, 0.05) is 47.9 Å². The van der Waals surface area contributed by atoms with Crippen molar-refractivity contribution in [1.82, 2.24) is 4.90 Å². The first-order valence-electron chi connectivity index (χ1n) is 7.24. The molecule has 0 aliphatic carbocycles. The van der Waals surface area contributed by atoms with E-state index in [2.05, 4.69) is 31.8 Å². The minimum absolute atomic E-state index is 0.0985. The summed E-state index contributed by atoms with van der Waals surface area (Å²) in [5.41, 5.74) is 2.17. The Morgan fingerprint density at radius 2 is 2.05 bits per heavy atom. The number of aliphatic hydroxyl groups is 1. The minimum Gasteiger partial charge on any atom is -0.392 e. The Labute approximate surface area is 128 Å². The number of hydrogen-bond donors (Lipinski definition) is 1. The topological polar surface area (TPSA) is 35.9 Å². The van der Waals surface area contributed by atoms with E-state index in [1.807, 2.05) is 12.1 Å². The Bertz CT molecular complexity index is 463. The third-order valence-electron chi connectivity index (χ3n) is 4.28. The summed E-state index contributed by atoms with van der Waals surface area (Å²) < 4.78 is 6.50. The normalized spacial score (nSPS) is 24.3. The van der Waals surface area contributed by atoms with Gasteiger partial charge in [0.15, 0.2) is 0 Å². The van der Waals surface area contributed by atoms with Crippen molar-refractivity contribution in [3.63, 3.8) is 0 Å². The number of benzene rings is 1. The van der Waals surface area contributed by atoms with Crippen molar-refractivity contribution in [3.05, 3.63) is 28.2 Å². The van der Waals surface area contributed by atoms with E-state index < -0.39 is 0 Å². The largest absolute Gasteiger partial charge is 0.392 e. The smallest absolute Gasteiger partial charge is 0.0702 e. The minimum atomic E-state index is 0.0985. The third-order valence-corrected chi connectivity index (χ3v) is 4.78. The van der Waals surface area contributed by atoms with Crippen LogP contribution in [-0.2, 0) is 11.3 Å². The van der Waals surface area contributed by atoms with Gasteiger partial charge in [-0.15, -0.1) is 0 Å². The Morgan fingerprint density at radius 3 is 2.80 bits per heavy atom. The second kappa shape index (κ2) is 6.43. The van der Waals surface area contributed by atoms with Gasteiger partial charge in [-0.25, -0.2) is 0 Å². The monoisotopic (exact) mass is 340 g/mol. The molecule has 0 saturated carbocycles. The van der Waals surface area contributed by atoms with Gasteiger partial charge in [-0.1, -0.05) is 22.0 Å². The number of hydrogen-bond acceptors (Lipinski definition) is 4. The first-order chi connectivity index (χ1) is 9.78. The molecular formula is C15H21BrN2O2. The summed E-state index contributed by atoms with van der Waals surface area (Å²) in [7, 11) is 0. The summed E-state index contributed by atoms with van der Waals surface area (Å²) in [6.45, 7) is 6.01. The fourth-order valence-corrected chi connectivity index (χ4v) is 3.52. The van der Waals surface area contributed by atoms with Crippen LogP contribution >= 0.6 is 15.9 Å². The average molecular weight is 341 g/mol. The zero-order valence-corrected chi connectivity index (χ0v) is 13.2. The Hall–Kier alpha value is -0.620. The molecule has 0 bridgehead atoms. The number of rotatable bonds is 3. The predicted molar refractivity (Wildman–Crippen MR) is 83.1 cm³/mol. The number of nitrogens with zero attached hydrogens (tertiary/aromatic N) is 2. The van der Waals surface area contributed by atoms with Crippen molar-refractivity contribution >= 4 is 21.6 Å². The van der Waals surface area contributed by atoms with Crippen LogP contribution in [0.4, 0.5) is 5.69 Å². The van der Waals surface area contributed by atoms with E-state index in [0.29, 0.717) is 6.04 Å². The highest BCUT2D eigenvalue weighted by atomic mass is 79.9. The zero-order valence-electron chi connectivity index (χ0n) is 11.6. The van der Waals surface area contributed by atoms with Crippen LogP contribution < -0.4 is 4.90 Å². The average Bonchev–Trinajstić information content (AvgIpc) is 2.98. The van der Waals surface area contributed by atoms with Crippen LogP contribution in [0.3, 0.4) is 0 Å². The van der Waals surface area contributed by atoms with E-state index in [4.69, 9.17) is 4.74 Å². The molecular weight excluding hydrogens is 320 g/mol. The Kier molecular flexibility index (Phi) is 4.61. The maximum Gasteiger partial charge on any atom is 0.0702 e. The highest BCUT2D eigenvalue weighted by molar-refractivity contribution is 9.10. The SMILES string of the molecule is OCc1ccc(Br)cc1N1CCC(N2CCOCC2)C1. The molecule has 110 valence electrons. The van der Waals surface area contributed by atoms with Crippen LogP contribution in [-0.4, -0.2) is 55.4 Å². The van der Waals surface area contributed by atoms with Crippen molar-refractivity contribution in [3.8, 4) is 0 Å². The van der Waals surface area contributed by atoms with Gasteiger partial charge in [-0.3, -0.25) is 4.90 Å². The van der Waals surface area contributed by atoms with Crippen molar-refractivity contribution < 1.29 is 9.84 Å². The van der Waals surface area contributed by atoms with E-state index in [-0.39, 0.29) is 6.61 Å². The van der Waals surface area contributed by atoms with Gasteiger partial charge in [-0.2, -0.15) is 0 Å². The molecule has 0 amide bonds. The van der Waals surface area contributed by atoms with Crippen LogP contribution in [0.1, 0.15) is 12.0 Å². The Balaban J connectivity index is 1.71. The van der Waals surface area contributed by atoms with Crippen molar-refractivity contribution in [2.45, 2.75) is 19.1 Å². The van der Waals surface area contributed by atoms with E-state index in [9.17, 15) is 5.11 Å². The number of halogens is 1. The number of ether oxygens (including phenoxy) is 1. The summed E-state index contributed by atoms with van der Waals surface area (Å²) in [5, 5.41) is 9.52. The van der Waals surface area contributed by atoms with Crippen LogP contribution in [0.15, 0.2) is 22.7 Å². The van der Waals surface area contributed by atoms with Crippen LogP contribution in [0.25, 0.3) is 0 Å². The molecule has 2 aliphatic heterocycles. The highest BCUT2D eigenvalue weighted by Gasteiger charge is 2.29. The molecule has 2 saturated heterocycles. The van der Waals surface area contributed by atoms with Crippen LogP contribution in [0, 0.1) is 0 Å². The molecule has 0 radical (unpaired) electrons. The quantitative estimate of drug-likeness (QED) is 0.910. The third kappa shape index (κ3) is 3.01. The van der Waals surface area contributed by atoms with E-state index in [0.717, 1.165) is 55.1 Å². The zero-order chi connectivity index (χ0) is 13.9. The standard InChI is InChI=1S/C15H21BrN2O2/c16-13-2-1-12(11-19)15(9-13)18-4-3-14(10-18)17-5-7-20-8-6-17/h1-2,9,14,19H,3-8,10-11H2. The Morgan fingerprint density at radius 1 is 1.25 bits per heavy atom. The first kappa shape index (κ1) is 14.3. The molecule has 1 aromatic carbocycles. The number of anilines is 1. The summed E-state index contributed by atoms with van der Waals surface area (Å²) in [4.78, 5) is 4.94. The van der Waals surface area contributed by atoms with E-state index in [1.165, 1.54) is 6.42 Å². The molecule has 1 aromatic rings. The fraction of sp³-hybridized carbons (Fsp3) is 0.600. The van der Waals surface area contributed by atoms with Crippen molar-refractivity contribution in [2.24, 2.45) is 0 Å². The fourth-order valence-electron chi connectivity index (χ4n) is 3.17. The van der Waals surface area contributed by atoms with Gasteiger partial charge >= 0.3 is 0 Å². The van der Waals surface area contributed by atoms with E-state index >= 15 is 0 Å². The lowest BCUT2D eigenvalue weighted by atomic mass is 10.1. The summed E-state index contributed by atoms with van der Waals surface area (Å²) in [6.07, 6.45) is 1.19. The number of aliphatic hydroxyl groups excluding tert-OH is 1. The molecule has 1 N–H and O–H groups in total. The molecule has 2 aliphatic rings. The lowest BCUT2D eigenvalue weighted by molar-refractivity contribution is 0.0209. The van der Waals surface area contributed by atoms with Gasteiger partial charge in [-0.05, 0) is 18.6 Å². The van der Waals surface area contributed by atoms with Crippen molar-refractivity contribution in [2.75, 3.05) is 44.3 Å². The van der Waals surface area contributed by atoms with Crippen LogP contribution in [0.2, 0.25) is 0 Å². The molecule has 5 heteroatoms. The summed E-state index contributed by atoms with van der Waals surface area (Å²) in [5.74, 6) is 0. The highest BCUT2D eigenvalue weighted by Crippen LogP contribution is 2.29. The number of morpholine rings is 1. The summed E-state index contributed by atoms with van der Waals surface area (Å²) >= 11 is 3.53. The lowest BCUT2D eigenvalue weighted by Gasteiger charge is -2.32. The molecule has 20 heavy (non-hydrogen) atoms. The molecule has 4 nitrogen and oxygen atoms in total. The van der Waals surface area contributed by atoms with Gasteiger partial charge in [0.05, 0.1) is 19.8 Å². The maximum atomic E-state index is 9.52. The van der Waals surface area contributed by atoms with Gasteiger partial charge in [0.25, 0.3) is 0 Å². The van der Waals surface area contributed by atoms with Crippen molar-refractivity contribution in [1.29, 1.82) is 0 Å². The first-order valence-corrected chi connectivity index (χ1v) is 8.03.